The van der Waals surface area contributed by atoms with E-state index in [1.54, 1.807) is 36.4 Å². The molecule has 2 aromatic carbocycles. The maximum atomic E-state index is 12.2. The van der Waals surface area contributed by atoms with Crippen molar-refractivity contribution >= 4 is 23.3 Å². The molecular formula is C17H15N3O3. The Morgan fingerprint density at radius 3 is 2.70 bits per heavy atom. The first kappa shape index (κ1) is 14.8. The van der Waals surface area contributed by atoms with Crippen molar-refractivity contribution in [2.75, 3.05) is 12.1 Å². The molecule has 6 heteroatoms. The van der Waals surface area contributed by atoms with E-state index < -0.39 is 0 Å². The lowest BCUT2D eigenvalue weighted by atomic mass is 10.2. The van der Waals surface area contributed by atoms with Crippen LogP contribution in [0.3, 0.4) is 0 Å². The predicted molar refractivity (Wildman–Crippen MR) is 86.4 cm³/mol. The molecule has 0 aromatic heterocycles. The molecule has 0 saturated heterocycles. The first-order valence-electron chi connectivity index (χ1n) is 7.08. The third-order valence-electron chi connectivity index (χ3n) is 3.37. The number of methoxy groups -OCH3 is 1. The van der Waals surface area contributed by atoms with Gasteiger partial charge in [0.1, 0.15) is 11.6 Å². The number of anilines is 1. The molecular weight excluding hydrogens is 294 g/mol. The second-order valence-electron chi connectivity index (χ2n) is 4.95. The topological polar surface area (TPSA) is 71.0 Å². The number of carbonyl (C=O) groups excluding carboxylic acids is 2. The number of ether oxygens (including phenoxy) is 1. The lowest BCUT2D eigenvalue weighted by molar-refractivity contribution is -0.116. The van der Waals surface area contributed by atoms with E-state index in [0.29, 0.717) is 22.8 Å². The van der Waals surface area contributed by atoms with Crippen LogP contribution in [0.5, 0.6) is 5.75 Å². The summed E-state index contributed by atoms with van der Waals surface area (Å²) in [5.74, 6) is 0.405. The maximum absolute atomic E-state index is 12.2. The van der Waals surface area contributed by atoms with Crippen LogP contribution < -0.4 is 15.1 Å². The summed E-state index contributed by atoms with van der Waals surface area (Å²) in [6.45, 7) is 0. The van der Waals surface area contributed by atoms with Crippen LogP contribution in [0.1, 0.15) is 16.8 Å². The Balaban J connectivity index is 1.75. The normalized spacial score (nSPS) is 13.7. The molecule has 1 heterocycles. The average molecular weight is 309 g/mol. The molecule has 0 aliphatic carbocycles. The van der Waals surface area contributed by atoms with Gasteiger partial charge in [0.15, 0.2) is 0 Å². The van der Waals surface area contributed by atoms with Gasteiger partial charge in [0.05, 0.1) is 19.2 Å². The van der Waals surface area contributed by atoms with Crippen molar-refractivity contribution in [2.45, 2.75) is 6.42 Å². The van der Waals surface area contributed by atoms with Gasteiger partial charge in [-0.05, 0) is 30.3 Å². The fraction of sp³-hybridized carbons (Fsp3) is 0.118. The van der Waals surface area contributed by atoms with Gasteiger partial charge in [-0.3, -0.25) is 9.59 Å². The van der Waals surface area contributed by atoms with Crippen LogP contribution in [0.4, 0.5) is 5.69 Å². The average Bonchev–Trinajstić information content (AvgIpc) is 2.96. The number of carbonyl (C=O) groups is 2. The second kappa shape index (κ2) is 6.31. The van der Waals surface area contributed by atoms with Gasteiger partial charge >= 0.3 is 0 Å². The third-order valence-corrected chi connectivity index (χ3v) is 3.37. The van der Waals surface area contributed by atoms with Crippen LogP contribution in [0.2, 0.25) is 0 Å². The third kappa shape index (κ3) is 3.21. The highest BCUT2D eigenvalue weighted by Crippen LogP contribution is 2.19. The zero-order valence-corrected chi connectivity index (χ0v) is 12.5. The van der Waals surface area contributed by atoms with E-state index in [0.717, 1.165) is 0 Å². The molecule has 1 N–H and O–H groups in total. The van der Waals surface area contributed by atoms with E-state index in [2.05, 4.69) is 10.4 Å². The van der Waals surface area contributed by atoms with E-state index in [4.69, 9.17) is 4.74 Å². The molecule has 0 radical (unpaired) electrons. The van der Waals surface area contributed by atoms with Crippen molar-refractivity contribution in [3.05, 3.63) is 60.2 Å². The highest BCUT2D eigenvalue weighted by molar-refractivity contribution is 6.17. The van der Waals surface area contributed by atoms with Gasteiger partial charge in [-0.2, -0.15) is 10.1 Å². The Bertz CT molecular complexity index is 772. The number of rotatable bonds is 3. The fourth-order valence-corrected chi connectivity index (χ4v) is 2.24. The van der Waals surface area contributed by atoms with Crippen LogP contribution in [-0.4, -0.2) is 24.8 Å². The smallest absolute Gasteiger partial charge is 0.256 e. The monoisotopic (exact) mass is 309 g/mol. The molecule has 0 unspecified atom stereocenters. The van der Waals surface area contributed by atoms with Gasteiger partial charge in [0.2, 0.25) is 0 Å². The summed E-state index contributed by atoms with van der Waals surface area (Å²) in [4.78, 5) is 24.3. The lowest BCUT2D eigenvalue weighted by Gasteiger charge is -2.10. The van der Waals surface area contributed by atoms with Crippen molar-refractivity contribution < 1.29 is 14.3 Å². The molecule has 3 rings (SSSR count). The Morgan fingerprint density at radius 1 is 1.17 bits per heavy atom. The molecule has 0 bridgehead atoms. The minimum absolute atomic E-state index is 0.0601. The Hall–Kier alpha value is -3.15. The van der Waals surface area contributed by atoms with E-state index in [-0.39, 0.29) is 18.2 Å². The Labute approximate surface area is 133 Å². The maximum Gasteiger partial charge on any atom is 0.256 e. The summed E-state index contributed by atoms with van der Waals surface area (Å²) in [5, 5.41) is 8.15. The molecule has 116 valence electrons. The summed E-state index contributed by atoms with van der Waals surface area (Å²) in [7, 11) is 1.54. The summed E-state index contributed by atoms with van der Waals surface area (Å²) >= 11 is 0. The minimum atomic E-state index is -0.328. The van der Waals surface area contributed by atoms with Crippen molar-refractivity contribution in [1.29, 1.82) is 0 Å². The van der Waals surface area contributed by atoms with Crippen LogP contribution in [0, 0.1) is 0 Å². The van der Waals surface area contributed by atoms with Gasteiger partial charge in [-0.1, -0.05) is 24.3 Å². The molecule has 0 saturated carbocycles. The first-order chi connectivity index (χ1) is 11.2. The molecule has 2 aromatic rings. The zero-order chi connectivity index (χ0) is 16.2. The predicted octanol–water partition coefficient (Wildman–Crippen LogP) is 2.18. The summed E-state index contributed by atoms with van der Waals surface area (Å²) in [5.41, 5.74) is 1.11. The fourth-order valence-electron chi connectivity index (χ4n) is 2.24. The van der Waals surface area contributed by atoms with Crippen molar-refractivity contribution in [1.82, 2.24) is 5.32 Å². The number of amidine groups is 1. The number of hydrogen-bond donors (Lipinski definition) is 1. The second-order valence-corrected chi connectivity index (χ2v) is 4.95. The molecule has 1 aliphatic rings. The summed E-state index contributed by atoms with van der Waals surface area (Å²) in [6, 6.07) is 15.9. The summed E-state index contributed by atoms with van der Waals surface area (Å²) < 4.78 is 5.09. The molecule has 1 aliphatic heterocycles. The number of nitrogens with zero attached hydrogens (tertiary/aromatic N) is 2. The van der Waals surface area contributed by atoms with Gasteiger partial charge in [0.25, 0.3) is 11.8 Å². The standard InChI is InChI=1S/C17H15N3O3/c1-23-14-9-5-6-12(10-14)17(22)18-15-11-16(21)20(19-15)13-7-3-2-4-8-13/h2-10H,11H2,1H3,(H,18,19,22). The van der Waals surface area contributed by atoms with Gasteiger partial charge in [-0.25, -0.2) is 0 Å². The van der Waals surface area contributed by atoms with E-state index in [1.165, 1.54) is 12.1 Å². The molecule has 2 amide bonds. The number of benzene rings is 2. The van der Waals surface area contributed by atoms with Crippen molar-refractivity contribution in [2.24, 2.45) is 5.10 Å². The number of hydrogen-bond acceptors (Lipinski definition) is 4. The highest BCUT2D eigenvalue weighted by Gasteiger charge is 2.26. The molecule has 0 atom stereocenters. The Morgan fingerprint density at radius 2 is 1.96 bits per heavy atom. The van der Waals surface area contributed by atoms with E-state index in [9.17, 15) is 9.59 Å². The quantitative estimate of drug-likeness (QED) is 0.944. The van der Waals surface area contributed by atoms with Gasteiger partial charge in [-0.15, -0.1) is 0 Å². The minimum Gasteiger partial charge on any atom is -0.497 e. The number of para-hydroxylation sites is 1. The number of nitrogens with one attached hydrogen (secondary N) is 1. The van der Waals surface area contributed by atoms with Crippen LogP contribution >= 0.6 is 0 Å². The van der Waals surface area contributed by atoms with Gasteiger partial charge in [0, 0.05) is 5.56 Å². The highest BCUT2D eigenvalue weighted by atomic mass is 16.5. The molecule has 0 fully saturated rings. The lowest BCUT2D eigenvalue weighted by Crippen LogP contribution is -2.29. The number of amides is 2. The van der Waals surface area contributed by atoms with Crippen molar-refractivity contribution in [3.63, 3.8) is 0 Å². The van der Waals surface area contributed by atoms with Crippen molar-refractivity contribution in [3.8, 4) is 5.75 Å². The first-order valence-corrected chi connectivity index (χ1v) is 7.08. The van der Waals surface area contributed by atoms with Crippen LogP contribution in [0.25, 0.3) is 0 Å². The van der Waals surface area contributed by atoms with E-state index >= 15 is 0 Å². The van der Waals surface area contributed by atoms with Gasteiger partial charge < -0.3 is 10.1 Å². The summed E-state index contributed by atoms with van der Waals surface area (Å²) in [6.07, 6.45) is 0.0601. The SMILES string of the molecule is COc1cccc(C(=O)NC2=NN(c3ccccc3)C(=O)C2)c1. The molecule has 23 heavy (non-hydrogen) atoms. The largest absolute Gasteiger partial charge is 0.497 e. The molecule has 6 nitrogen and oxygen atoms in total. The van der Waals surface area contributed by atoms with E-state index in [1.807, 2.05) is 18.2 Å². The zero-order valence-electron chi connectivity index (χ0n) is 12.5. The van der Waals surface area contributed by atoms with Crippen LogP contribution in [-0.2, 0) is 4.79 Å². The molecule has 0 spiro atoms. The number of hydrazone groups is 1. The van der Waals surface area contributed by atoms with Crippen LogP contribution in [0.15, 0.2) is 59.7 Å². The Kier molecular flexibility index (Phi) is 4.05.